The second-order valence-corrected chi connectivity index (χ2v) is 5.87. The number of hydrogen-bond donors (Lipinski definition) is 0. The molecule has 1 aliphatic heterocycles. The van der Waals surface area contributed by atoms with Crippen molar-refractivity contribution in [1.82, 2.24) is 9.38 Å². The number of ether oxygens (including phenoxy) is 2. The molecule has 1 aliphatic rings. The van der Waals surface area contributed by atoms with E-state index in [-0.39, 0.29) is 0 Å². The first-order valence-corrected chi connectivity index (χ1v) is 7.63. The standard InChI is InChI=1S/C16H13BrN2O2/c17-12-3-5-16-18-13(10-19(16)9-12)11-2-4-14-15(8-11)21-7-1-6-20-14/h2-5,8-10H,1,6-7H2. The van der Waals surface area contributed by atoms with Crippen molar-refractivity contribution < 1.29 is 9.47 Å². The lowest BCUT2D eigenvalue weighted by atomic mass is 10.1. The number of hydrogen-bond acceptors (Lipinski definition) is 3. The summed E-state index contributed by atoms with van der Waals surface area (Å²) in [6, 6.07) is 9.94. The van der Waals surface area contributed by atoms with E-state index < -0.39 is 0 Å². The fraction of sp³-hybridized carbons (Fsp3) is 0.188. The van der Waals surface area contributed by atoms with Crippen LogP contribution < -0.4 is 9.47 Å². The first-order chi connectivity index (χ1) is 10.3. The van der Waals surface area contributed by atoms with E-state index >= 15 is 0 Å². The van der Waals surface area contributed by atoms with Crippen LogP contribution in [0, 0.1) is 0 Å². The Morgan fingerprint density at radius 3 is 2.76 bits per heavy atom. The fourth-order valence-corrected chi connectivity index (χ4v) is 2.78. The quantitative estimate of drug-likeness (QED) is 0.671. The lowest BCUT2D eigenvalue weighted by Gasteiger charge is -2.07. The predicted molar refractivity (Wildman–Crippen MR) is 83.9 cm³/mol. The number of aromatic nitrogens is 2. The first-order valence-electron chi connectivity index (χ1n) is 6.84. The molecule has 0 saturated heterocycles. The van der Waals surface area contributed by atoms with Crippen LogP contribution in [0.4, 0.5) is 0 Å². The highest BCUT2D eigenvalue weighted by Crippen LogP contribution is 2.34. The third kappa shape index (κ3) is 2.38. The zero-order valence-corrected chi connectivity index (χ0v) is 12.8. The minimum Gasteiger partial charge on any atom is -0.490 e. The highest BCUT2D eigenvalue weighted by Gasteiger charge is 2.13. The van der Waals surface area contributed by atoms with Crippen LogP contribution in [0.25, 0.3) is 16.9 Å². The summed E-state index contributed by atoms with van der Waals surface area (Å²) in [5.41, 5.74) is 2.86. The summed E-state index contributed by atoms with van der Waals surface area (Å²) in [4.78, 5) is 4.64. The maximum atomic E-state index is 5.74. The van der Waals surface area contributed by atoms with Gasteiger partial charge in [0.05, 0.1) is 18.9 Å². The Morgan fingerprint density at radius 2 is 1.86 bits per heavy atom. The molecular weight excluding hydrogens is 332 g/mol. The molecule has 0 aliphatic carbocycles. The van der Waals surface area contributed by atoms with Crippen LogP contribution in [0.15, 0.2) is 47.2 Å². The minimum atomic E-state index is 0.689. The molecule has 4 nitrogen and oxygen atoms in total. The van der Waals surface area contributed by atoms with Crippen molar-refractivity contribution in [1.29, 1.82) is 0 Å². The lowest BCUT2D eigenvalue weighted by molar-refractivity contribution is 0.297. The maximum Gasteiger partial charge on any atom is 0.161 e. The molecule has 0 N–H and O–H groups in total. The summed E-state index contributed by atoms with van der Waals surface area (Å²) in [6.45, 7) is 1.39. The molecule has 21 heavy (non-hydrogen) atoms. The summed E-state index contributed by atoms with van der Waals surface area (Å²) < 4.78 is 14.4. The minimum absolute atomic E-state index is 0.689. The van der Waals surface area contributed by atoms with Gasteiger partial charge in [-0.25, -0.2) is 4.98 Å². The van der Waals surface area contributed by atoms with E-state index in [0.717, 1.165) is 39.3 Å². The second-order valence-electron chi connectivity index (χ2n) is 4.95. The van der Waals surface area contributed by atoms with Crippen molar-refractivity contribution >= 4 is 21.6 Å². The van der Waals surface area contributed by atoms with Crippen LogP contribution in [0.3, 0.4) is 0 Å². The molecule has 2 aromatic heterocycles. The van der Waals surface area contributed by atoms with Gasteiger partial charge in [-0.05, 0) is 46.3 Å². The van der Waals surface area contributed by atoms with Gasteiger partial charge in [0.15, 0.2) is 11.5 Å². The summed E-state index contributed by atoms with van der Waals surface area (Å²) in [5.74, 6) is 1.60. The smallest absolute Gasteiger partial charge is 0.161 e. The average molecular weight is 345 g/mol. The molecule has 0 spiro atoms. The van der Waals surface area contributed by atoms with Crippen molar-refractivity contribution in [3.05, 3.63) is 47.2 Å². The monoisotopic (exact) mass is 344 g/mol. The molecule has 0 atom stereocenters. The van der Waals surface area contributed by atoms with Crippen LogP contribution in [0.5, 0.6) is 11.5 Å². The number of nitrogens with zero attached hydrogens (tertiary/aromatic N) is 2. The highest BCUT2D eigenvalue weighted by molar-refractivity contribution is 9.10. The molecule has 0 radical (unpaired) electrons. The summed E-state index contributed by atoms with van der Waals surface area (Å²) >= 11 is 3.47. The van der Waals surface area contributed by atoms with E-state index in [4.69, 9.17) is 9.47 Å². The second kappa shape index (κ2) is 5.07. The Hall–Kier alpha value is -2.01. The van der Waals surface area contributed by atoms with Crippen molar-refractivity contribution in [2.24, 2.45) is 0 Å². The highest BCUT2D eigenvalue weighted by atomic mass is 79.9. The maximum absolute atomic E-state index is 5.74. The molecule has 106 valence electrons. The van der Waals surface area contributed by atoms with Gasteiger partial charge in [-0.3, -0.25) is 0 Å². The number of imidazole rings is 1. The number of rotatable bonds is 1. The van der Waals surface area contributed by atoms with Crippen LogP contribution in [0.2, 0.25) is 0 Å². The Bertz CT molecular complexity index is 813. The van der Waals surface area contributed by atoms with Crippen LogP contribution in [-0.4, -0.2) is 22.6 Å². The summed E-state index contributed by atoms with van der Waals surface area (Å²) in [5, 5.41) is 0. The van der Waals surface area contributed by atoms with Crippen molar-refractivity contribution in [3.63, 3.8) is 0 Å². The summed E-state index contributed by atoms with van der Waals surface area (Å²) in [7, 11) is 0. The molecule has 1 aromatic carbocycles. The number of benzene rings is 1. The topological polar surface area (TPSA) is 35.8 Å². The zero-order chi connectivity index (χ0) is 14.2. The van der Waals surface area contributed by atoms with Gasteiger partial charge >= 0.3 is 0 Å². The number of pyridine rings is 1. The van der Waals surface area contributed by atoms with Crippen molar-refractivity contribution in [2.45, 2.75) is 6.42 Å². The van der Waals surface area contributed by atoms with E-state index in [2.05, 4.69) is 20.9 Å². The van der Waals surface area contributed by atoms with Gasteiger partial charge in [0.2, 0.25) is 0 Å². The Morgan fingerprint density at radius 1 is 1.00 bits per heavy atom. The van der Waals surface area contributed by atoms with Crippen molar-refractivity contribution in [3.8, 4) is 22.8 Å². The molecule has 0 unspecified atom stereocenters. The molecule has 4 rings (SSSR count). The Balaban J connectivity index is 1.79. The van der Waals surface area contributed by atoms with Gasteiger partial charge < -0.3 is 13.9 Å². The van der Waals surface area contributed by atoms with Gasteiger partial charge in [-0.15, -0.1) is 0 Å². The molecule has 3 aromatic rings. The van der Waals surface area contributed by atoms with Crippen molar-refractivity contribution in [2.75, 3.05) is 13.2 Å². The normalized spacial score (nSPS) is 14.1. The predicted octanol–water partition coefficient (Wildman–Crippen LogP) is 3.93. The lowest BCUT2D eigenvalue weighted by Crippen LogP contribution is -1.97. The molecular formula is C16H13BrN2O2. The third-order valence-corrected chi connectivity index (χ3v) is 3.93. The zero-order valence-electron chi connectivity index (χ0n) is 11.3. The molecule has 3 heterocycles. The molecule has 0 amide bonds. The largest absolute Gasteiger partial charge is 0.490 e. The van der Waals surface area contributed by atoms with Gasteiger partial charge in [0.25, 0.3) is 0 Å². The van der Waals surface area contributed by atoms with Crippen LogP contribution in [-0.2, 0) is 0 Å². The number of fused-ring (bicyclic) bond motifs is 2. The Kier molecular flexibility index (Phi) is 3.07. The SMILES string of the molecule is Brc1ccc2nc(-c3ccc4c(c3)OCCCO4)cn2c1. The van der Waals surface area contributed by atoms with Gasteiger partial charge in [0, 0.05) is 28.9 Å². The molecule has 5 heteroatoms. The van der Waals surface area contributed by atoms with Crippen LogP contribution in [0.1, 0.15) is 6.42 Å². The molecule has 0 bridgehead atoms. The van der Waals surface area contributed by atoms with Gasteiger partial charge in [-0.1, -0.05) is 0 Å². The Labute approximate surface area is 130 Å². The number of halogens is 1. The average Bonchev–Trinajstić information content (AvgIpc) is 2.76. The van der Waals surface area contributed by atoms with E-state index in [1.54, 1.807) is 0 Å². The first kappa shape index (κ1) is 12.7. The van der Waals surface area contributed by atoms with Gasteiger partial charge in [-0.2, -0.15) is 0 Å². The van der Waals surface area contributed by atoms with E-state index in [1.807, 2.05) is 47.1 Å². The van der Waals surface area contributed by atoms with E-state index in [1.165, 1.54) is 0 Å². The molecule has 0 fully saturated rings. The third-order valence-electron chi connectivity index (χ3n) is 3.46. The van der Waals surface area contributed by atoms with E-state index in [0.29, 0.717) is 13.2 Å². The van der Waals surface area contributed by atoms with Crippen LogP contribution >= 0.6 is 15.9 Å². The fourth-order valence-electron chi connectivity index (χ4n) is 2.43. The molecule has 0 saturated carbocycles. The summed E-state index contributed by atoms with van der Waals surface area (Å²) in [6.07, 6.45) is 4.92. The van der Waals surface area contributed by atoms with Gasteiger partial charge in [0.1, 0.15) is 5.65 Å². The van der Waals surface area contributed by atoms with E-state index in [9.17, 15) is 0 Å².